The predicted octanol–water partition coefficient (Wildman–Crippen LogP) is 3.05. The van der Waals surface area contributed by atoms with Crippen molar-refractivity contribution in [2.45, 2.75) is 25.6 Å². The number of benzene rings is 2. The third-order valence-electron chi connectivity index (χ3n) is 5.30. The van der Waals surface area contributed by atoms with Crippen molar-refractivity contribution in [3.63, 3.8) is 0 Å². The summed E-state index contributed by atoms with van der Waals surface area (Å²) in [6, 6.07) is 11.7. The molecule has 164 valence electrons. The highest BCUT2D eigenvalue weighted by Crippen LogP contribution is 2.37. The van der Waals surface area contributed by atoms with Crippen LogP contribution in [0.5, 0.6) is 23.0 Å². The van der Waals surface area contributed by atoms with Crippen molar-refractivity contribution in [1.82, 2.24) is 4.90 Å². The van der Waals surface area contributed by atoms with Gasteiger partial charge in [0, 0.05) is 13.1 Å². The summed E-state index contributed by atoms with van der Waals surface area (Å²) in [4.78, 5) is 2.31. The van der Waals surface area contributed by atoms with Gasteiger partial charge in [-0.3, -0.25) is 4.90 Å². The first kappa shape index (κ1) is 22.2. The third kappa shape index (κ3) is 4.80. The van der Waals surface area contributed by atoms with Gasteiger partial charge in [0.15, 0.2) is 23.0 Å². The lowest BCUT2D eigenvalue weighted by atomic mass is 9.97. The number of hydrogen-bond acceptors (Lipinski definition) is 7. The van der Waals surface area contributed by atoms with Gasteiger partial charge in [0.05, 0.1) is 47.2 Å². The molecule has 0 aromatic heterocycles. The molecule has 2 aromatic carbocycles. The van der Waals surface area contributed by atoms with Gasteiger partial charge in [-0.25, -0.2) is 0 Å². The Morgan fingerprint density at radius 3 is 2.33 bits per heavy atom. The number of aliphatic hydroxyl groups excluding tert-OH is 1. The molecule has 7 heteroatoms. The fourth-order valence-corrected chi connectivity index (χ4v) is 3.90. The predicted molar refractivity (Wildman–Crippen MR) is 114 cm³/mol. The van der Waals surface area contributed by atoms with E-state index in [0.29, 0.717) is 37.0 Å². The Morgan fingerprint density at radius 2 is 1.67 bits per heavy atom. The molecule has 1 saturated heterocycles. The molecule has 0 saturated carbocycles. The molecule has 1 N–H and O–H groups in total. The molecule has 2 atom stereocenters. The molecule has 1 heterocycles. The summed E-state index contributed by atoms with van der Waals surface area (Å²) in [7, 11) is 4.88. The molecule has 1 fully saturated rings. The summed E-state index contributed by atoms with van der Waals surface area (Å²) < 4.78 is 27.9. The monoisotopic (exact) mass is 417 g/mol. The zero-order valence-corrected chi connectivity index (χ0v) is 18.1. The van der Waals surface area contributed by atoms with Crippen LogP contribution in [0.2, 0.25) is 0 Å². The van der Waals surface area contributed by atoms with Crippen LogP contribution >= 0.6 is 0 Å². The lowest BCUT2D eigenvalue weighted by Crippen LogP contribution is -2.46. The highest BCUT2D eigenvalue weighted by Gasteiger charge is 2.34. The Balaban J connectivity index is 1.90. The largest absolute Gasteiger partial charge is 0.493 e. The normalized spacial score (nSPS) is 19.4. The summed E-state index contributed by atoms with van der Waals surface area (Å²) in [5, 5.41) is 9.97. The molecule has 7 nitrogen and oxygen atoms in total. The molecule has 2 aromatic rings. The van der Waals surface area contributed by atoms with Crippen LogP contribution in [0.3, 0.4) is 0 Å². The van der Waals surface area contributed by atoms with E-state index < -0.39 is 0 Å². The van der Waals surface area contributed by atoms with E-state index in [1.54, 1.807) is 21.3 Å². The minimum absolute atomic E-state index is 0.0674. The van der Waals surface area contributed by atoms with E-state index in [0.717, 1.165) is 23.4 Å². The van der Waals surface area contributed by atoms with Crippen LogP contribution in [-0.4, -0.2) is 63.8 Å². The Morgan fingerprint density at radius 1 is 0.967 bits per heavy atom. The minimum atomic E-state index is -0.332. The molecule has 0 spiro atoms. The van der Waals surface area contributed by atoms with E-state index in [1.165, 1.54) is 0 Å². The first-order valence-corrected chi connectivity index (χ1v) is 10.1. The number of morpholine rings is 1. The van der Waals surface area contributed by atoms with Gasteiger partial charge in [0.25, 0.3) is 0 Å². The Hall–Kier alpha value is -2.48. The van der Waals surface area contributed by atoms with Crippen molar-refractivity contribution >= 4 is 0 Å². The fourth-order valence-electron chi connectivity index (χ4n) is 3.90. The maximum absolute atomic E-state index is 9.97. The zero-order chi connectivity index (χ0) is 21.5. The maximum Gasteiger partial charge on any atom is 0.161 e. The summed E-state index contributed by atoms with van der Waals surface area (Å²) >= 11 is 0. The smallest absolute Gasteiger partial charge is 0.161 e. The van der Waals surface area contributed by atoms with Gasteiger partial charge >= 0.3 is 0 Å². The summed E-state index contributed by atoms with van der Waals surface area (Å²) in [5.74, 6) is 2.76. The second kappa shape index (κ2) is 10.5. The van der Waals surface area contributed by atoms with Crippen molar-refractivity contribution in [3.8, 4) is 23.0 Å². The maximum atomic E-state index is 9.97. The molecule has 0 unspecified atom stereocenters. The number of aliphatic hydroxyl groups is 1. The quantitative estimate of drug-likeness (QED) is 0.672. The van der Waals surface area contributed by atoms with Crippen molar-refractivity contribution in [3.05, 3.63) is 47.5 Å². The summed E-state index contributed by atoms with van der Waals surface area (Å²) in [6.45, 7) is 4.44. The Labute approximate surface area is 178 Å². The lowest BCUT2D eigenvalue weighted by Gasteiger charge is -2.41. The summed E-state index contributed by atoms with van der Waals surface area (Å²) in [5.41, 5.74) is 2.10. The second-order valence-corrected chi connectivity index (χ2v) is 7.04. The van der Waals surface area contributed by atoms with E-state index in [9.17, 15) is 5.11 Å². The van der Waals surface area contributed by atoms with Gasteiger partial charge in [0.1, 0.15) is 6.10 Å². The Kier molecular flexibility index (Phi) is 7.79. The van der Waals surface area contributed by atoms with Gasteiger partial charge in [-0.1, -0.05) is 12.1 Å². The van der Waals surface area contributed by atoms with Gasteiger partial charge in [-0.2, -0.15) is 0 Å². The Bertz CT molecular complexity index is 827. The van der Waals surface area contributed by atoms with Crippen molar-refractivity contribution in [2.24, 2.45) is 0 Å². The molecule has 0 aliphatic carbocycles. The first-order chi connectivity index (χ1) is 14.6. The molecule has 0 amide bonds. The van der Waals surface area contributed by atoms with Crippen molar-refractivity contribution < 1.29 is 28.8 Å². The van der Waals surface area contributed by atoms with Crippen LogP contribution in [0.1, 0.15) is 24.1 Å². The number of methoxy groups -OCH3 is 3. The van der Waals surface area contributed by atoms with Crippen molar-refractivity contribution in [2.75, 3.05) is 47.7 Å². The molecule has 30 heavy (non-hydrogen) atoms. The van der Waals surface area contributed by atoms with Crippen LogP contribution in [0.15, 0.2) is 36.4 Å². The third-order valence-corrected chi connectivity index (χ3v) is 5.30. The summed E-state index contributed by atoms with van der Waals surface area (Å²) in [6.07, 6.45) is -0.332. The molecule has 1 aliphatic heterocycles. The van der Waals surface area contributed by atoms with E-state index in [4.69, 9.17) is 23.7 Å². The average molecular weight is 418 g/mol. The van der Waals surface area contributed by atoms with E-state index in [-0.39, 0.29) is 18.8 Å². The van der Waals surface area contributed by atoms with Crippen LogP contribution in [-0.2, 0) is 11.3 Å². The zero-order valence-electron chi connectivity index (χ0n) is 18.1. The van der Waals surface area contributed by atoms with Crippen LogP contribution in [0.25, 0.3) is 0 Å². The highest BCUT2D eigenvalue weighted by atomic mass is 16.5. The van der Waals surface area contributed by atoms with Gasteiger partial charge < -0.3 is 28.8 Å². The fraction of sp³-hybridized carbons (Fsp3) is 0.478. The molecular formula is C23H31NO6. The van der Waals surface area contributed by atoms with Crippen molar-refractivity contribution in [1.29, 1.82) is 0 Å². The topological polar surface area (TPSA) is 69.6 Å². The average Bonchev–Trinajstić information content (AvgIpc) is 2.79. The van der Waals surface area contributed by atoms with E-state index in [1.807, 2.05) is 43.3 Å². The molecule has 3 rings (SSSR count). The standard InChI is InChI=1S/C23H31NO6/c1-5-29-19-8-6-16(12-20(19)27-3)14-24-10-11-30-22(15-25)23(24)17-7-9-18(26-2)21(13-17)28-4/h6-9,12-13,22-23,25H,5,10-11,14-15H2,1-4H3/t22-,23-/m1/s1. The number of hydrogen-bond donors (Lipinski definition) is 1. The van der Waals surface area contributed by atoms with Gasteiger partial charge in [0.2, 0.25) is 0 Å². The van der Waals surface area contributed by atoms with Crippen LogP contribution in [0, 0.1) is 0 Å². The minimum Gasteiger partial charge on any atom is -0.493 e. The SMILES string of the molecule is CCOc1ccc(CN2CCO[C@H](CO)[C@H]2c2ccc(OC)c(OC)c2)cc1OC. The molecule has 0 radical (unpaired) electrons. The van der Waals surface area contributed by atoms with Gasteiger partial charge in [-0.15, -0.1) is 0 Å². The molecule has 1 aliphatic rings. The second-order valence-electron chi connectivity index (χ2n) is 7.04. The molecule has 0 bridgehead atoms. The first-order valence-electron chi connectivity index (χ1n) is 10.1. The lowest BCUT2D eigenvalue weighted by molar-refractivity contribution is -0.0961. The van der Waals surface area contributed by atoms with E-state index in [2.05, 4.69) is 4.90 Å². The van der Waals surface area contributed by atoms with E-state index >= 15 is 0 Å². The number of rotatable bonds is 9. The number of nitrogens with zero attached hydrogens (tertiary/aromatic N) is 1. The highest BCUT2D eigenvalue weighted by molar-refractivity contribution is 5.45. The van der Waals surface area contributed by atoms with Crippen LogP contribution in [0.4, 0.5) is 0 Å². The number of ether oxygens (including phenoxy) is 5. The molecular weight excluding hydrogens is 386 g/mol. The van der Waals surface area contributed by atoms with Gasteiger partial charge in [-0.05, 0) is 42.3 Å². The van der Waals surface area contributed by atoms with Crippen LogP contribution < -0.4 is 18.9 Å².